The van der Waals surface area contributed by atoms with Crippen LogP contribution in [0.2, 0.25) is 12.1 Å². The lowest BCUT2D eigenvalue weighted by Crippen LogP contribution is -2.45. The lowest BCUT2D eigenvalue weighted by Gasteiger charge is -2.28. The topological polar surface area (TPSA) is 72.5 Å². The van der Waals surface area contributed by atoms with Gasteiger partial charge < -0.3 is 26.6 Å². The quantitative estimate of drug-likeness (QED) is 0.0539. The Morgan fingerprint density at radius 2 is 0.667 bits per heavy atom. The summed E-state index contributed by atoms with van der Waals surface area (Å²) in [5.74, 6) is 0.824. The minimum atomic E-state index is -2.49. The molecule has 2 atom stereocenters. The van der Waals surface area contributed by atoms with Crippen LogP contribution in [-0.2, 0) is 31.4 Å². The normalized spacial score (nSPS) is 13.9. The van der Waals surface area contributed by atoms with Crippen LogP contribution in [0.25, 0.3) is 0 Å². The summed E-state index contributed by atoms with van der Waals surface area (Å²) >= 11 is 0. The van der Waals surface area contributed by atoms with Crippen molar-refractivity contribution in [3.63, 3.8) is 0 Å². The van der Waals surface area contributed by atoms with Crippen molar-refractivity contribution in [2.24, 2.45) is 11.8 Å². The maximum Gasteiger partial charge on any atom is 0.500 e. The van der Waals surface area contributed by atoms with Gasteiger partial charge in [0.1, 0.15) is 5.78 Å². The number of carbonyl (C=O) groups is 1. The molecule has 0 N–H and O–H groups in total. The van der Waals surface area contributed by atoms with Crippen molar-refractivity contribution in [1.29, 1.82) is 0 Å². The molecule has 7 nitrogen and oxygen atoms in total. The summed E-state index contributed by atoms with van der Waals surface area (Å²) in [7, 11) is -4.99. The molecule has 9 heteroatoms. The molecule has 2 unspecified atom stereocenters. The van der Waals surface area contributed by atoms with Crippen LogP contribution in [0, 0.1) is 11.8 Å². The third kappa shape index (κ3) is 19.3. The van der Waals surface area contributed by atoms with Gasteiger partial charge in [0, 0.05) is 63.6 Å². The van der Waals surface area contributed by atoms with Crippen molar-refractivity contribution >= 4 is 23.4 Å². The Bertz CT molecular complexity index is 539. The van der Waals surface area contributed by atoms with E-state index in [-0.39, 0.29) is 11.8 Å². The molecule has 0 spiro atoms. The van der Waals surface area contributed by atoms with Crippen LogP contribution < -0.4 is 0 Å². The summed E-state index contributed by atoms with van der Waals surface area (Å²) in [4.78, 5) is 12.9. The number of carbonyl (C=O) groups excluding carboxylic acids is 1. The molecular weight excluding hydrogens is 565 g/mol. The van der Waals surface area contributed by atoms with Crippen molar-refractivity contribution in [3.05, 3.63) is 0 Å². The number of hydrogen-bond donors (Lipinski definition) is 0. The fourth-order valence-electron chi connectivity index (χ4n) is 5.77. The van der Waals surface area contributed by atoms with Gasteiger partial charge in [0.2, 0.25) is 0 Å². The van der Waals surface area contributed by atoms with Crippen LogP contribution in [0.1, 0.15) is 145 Å². The van der Waals surface area contributed by atoms with Crippen molar-refractivity contribution in [1.82, 2.24) is 0 Å². The van der Waals surface area contributed by atoms with Crippen LogP contribution in [0.4, 0.5) is 0 Å². The summed E-state index contributed by atoms with van der Waals surface area (Å²) in [6, 6.07) is 1.82. The van der Waals surface area contributed by atoms with Gasteiger partial charge in [-0.25, -0.2) is 0 Å². The largest absolute Gasteiger partial charge is 0.500 e. The molecule has 252 valence electrons. The maximum atomic E-state index is 12.9. The first kappa shape index (κ1) is 41.9. The van der Waals surface area contributed by atoms with E-state index in [0.29, 0.717) is 45.4 Å². The third-order valence-electron chi connectivity index (χ3n) is 7.90. The minimum absolute atomic E-state index is 0.181. The first-order chi connectivity index (χ1) is 20.3. The summed E-state index contributed by atoms with van der Waals surface area (Å²) in [5, 5.41) is 0. The number of hydrogen-bond acceptors (Lipinski definition) is 7. The Kier molecular flexibility index (Phi) is 27.1. The van der Waals surface area contributed by atoms with Gasteiger partial charge in [-0.2, -0.15) is 0 Å². The Morgan fingerprint density at radius 1 is 0.429 bits per heavy atom. The van der Waals surface area contributed by atoms with E-state index >= 15 is 0 Å². The van der Waals surface area contributed by atoms with E-state index in [4.69, 9.17) is 26.6 Å². The monoisotopic (exact) mass is 634 g/mol. The van der Waals surface area contributed by atoms with Crippen molar-refractivity contribution in [3.8, 4) is 0 Å². The van der Waals surface area contributed by atoms with Gasteiger partial charge in [-0.15, -0.1) is 0 Å². The zero-order valence-corrected chi connectivity index (χ0v) is 31.1. The highest BCUT2D eigenvalue weighted by atomic mass is 28.4. The molecule has 0 aromatic heterocycles. The van der Waals surface area contributed by atoms with Crippen molar-refractivity contribution in [2.75, 3.05) is 39.6 Å². The van der Waals surface area contributed by atoms with E-state index in [2.05, 4.69) is 13.8 Å². The lowest BCUT2D eigenvalue weighted by atomic mass is 9.88. The van der Waals surface area contributed by atoms with Gasteiger partial charge >= 0.3 is 17.6 Å². The molecule has 0 rings (SSSR count). The van der Waals surface area contributed by atoms with E-state index in [1.54, 1.807) is 0 Å². The van der Waals surface area contributed by atoms with Crippen LogP contribution in [-0.4, -0.2) is 63.0 Å². The smallest absolute Gasteiger partial charge is 0.374 e. The van der Waals surface area contributed by atoms with E-state index < -0.39 is 17.6 Å². The van der Waals surface area contributed by atoms with Gasteiger partial charge in [-0.05, 0) is 67.2 Å². The Morgan fingerprint density at radius 3 is 0.929 bits per heavy atom. The van der Waals surface area contributed by atoms with Gasteiger partial charge in [0.15, 0.2) is 0 Å². The molecule has 0 heterocycles. The standard InChI is InChI=1S/C33H70O7Si2/c1-9-35-41(36-10-2,37-11-3)29-25-21-17-15-19-23-27-31(7)33(34)32(8)28-24-20-16-18-22-26-30-42(38-12-4,39-13-5)40-14-6/h31-32H,9-30H2,1-8H3. The summed E-state index contributed by atoms with van der Waals surface area (Å²) < 4.78 is 35.7. The number of Topliss-reactive ketones (excluding diaryl/α,β-unsaturated/α-hetero) is 1. The molecular formula is C33H70O7Si2. The van der Waals surface area contributed by atoms with Crippen molar-refractivity contribution in [2.45, 2.75) is 157 Å². The molecule has 42 heavy (non-hydrogen) atoms. The Balaban J connectivity index is 3.99. The average molecular weight is 635 g/mol. The first-order valence-corrected chi connectivity index (χ1v) is 21.5. The summed E-state index contributed by atoms with van der Waals surface area (Å²) in [6.45, 7) is 20.2. The number of unbranched alkanes of at least 4 members (excludes halogenated alkanes) is 10. The molecule has 0 bridgehead atoms. The van der Waals surface area contributed by atoms with Crippen molar-refractivity contribution < 1.29 is 31.4 Å². The Labute approximate surface area is 263 Å². The van der Waals surface area contributed by atoms with E-state index in [1.165, 1.54) is 51.4 Å². The highest BCUT2D eigenvalue weighted by molar-refractivity contribution is 6.61. The molecule has 0 aromatic carbocycles. The number of ketones is 1. The second-order valence-electron chi connectivity index (χ2n) is 11.5. The minimum Gasteiger partial charge on any atom is -0.374 e. The fraction of sp³-hybridized carbons (Fsp3) is 0.970. The molecule has 0 aromatic rings. The van der Waals surface area contributed by atoms with Crippen LogP contribution in [0.5, 0.6) is 0 Å². The number of rotatable bonds is 32. The van der Waals surface area contributed by atoms with E-state index in [0.717, 1.165) is 50.6 Å². The maximum absolute atomic E-state index is 12.9. The molecule has 0 radical (unpaired) electrons. The molecule has 0 saturated carbocycles. The van der Waals surface area contributed by atoms with E-state index in [9.17, 15) is 4.79 Å². The first-order valence-electron chi connectivity index (χ1n) is 17.7. The van der Waals surface area contributed by atoms with Gasteiger partial charge in [0.05, 0.1) is 0 Å². The van der Waals surface area contributed by atoms with Gasteiger partial charge in [0.25, 0.3) is 0 Å². The third-order valence-corrected chi connectivity index (χ3v) is 14.2. The summed E-state index contributed by atoms with van der Waals surface area (Å²) in [5.41, 5.74) is 0. The second-order valence-corrected chi connectivity index (χ2v) is 17.0. The molecule has 0 aliphatic carbocycles. The molecule has 0 saturated heterocycles. The molecule has 0 amide bonds. The zero-order chi connectivity index (χ0) is 31.5. The van der Waals surface area contributed by atoms with Gasteiger partial charge in [-0.3, -0.25) is 4.79 Å². The van der Waals surface area contributed by atoms with Crippen LogP contribution >= 0.6 is 0 Å². The SMILES string of the molecule is CCO[Si](CCCCCCCCC(C)C(=O)C(C)CCCCCCCC[Si](OCC)(OCC)OCC)(OCC)OCC. The average Bonchev–Trinajstić information content (AvgIpc) is 2.96. The molecule has 0 aliphatic rings. The molecule has 0 aliphatic heterocycles. The fourth-order valence-corrected chi connectivity index (χ4v) is 11.1. The second kappa shape index (κ2) is 27.2. The predicted molar refractivity (Wildman–Crippen MR) is 179 cm³/mol. The summed E-state index contributed by atoms with van der Waals surface area (Å²) in [6.07, 6.45) is 16.2. The van der Waals surface area contributed by atoms with Crippen LogP contribution in [0.3, 0.4) is 0 Å². The highest BCUT2D eigenvalue weighted by Crippen LogP contribution is 2.24. The zero-order valence-electron chi connectivity index (χ0n) is 29.1. The van der Waals surface area contributed by atoms with Crippen LogP contribution in [0.15, 0.2) is 0 Å². The Hall–Kier alpha value is -0.136. The lowest BCUT2D eigenvalue weighted by molar-refractivity contribution is -0.126. The highest BCUT2D eigenvalue weighted by Gasteiger charge is 2.40. The predicted octanol–water partition coefficient (Wildman–Crippen LogP) is 9.39. The molecule has 0 fully saturated rings. The van der Waals surface area contributed by atoms with E-state index in [1.807, 2.05) is 41.5 Å². The van der Waals surface area contributed by atoms with Gasteiger partial charge in [-0.1, -0.05) is 78.1 Å².